The molecule has 0 fully saturated rings. The lowest BCUT2D eigenvalue weighted by molar-refractivity contribution is -0.390. The van der Waals surface area contributed by atoms with Crippen molar-refractivity contribution in [3.05, 3.63) is 54.9 Å². The number of pyridine rings is 1. The summed E-state index contributed by atoms with van der Waals surface area (Å²) in [6, 6.07) is 4.69. The van der Waals surface area contributed by atoms with Gasteiger partial charge in [0.2, 0.25) is 0 Å². The summed E-state index contributed by atoms with van der Waals surface area (Å²) in [6.07, 6.45) is 1.41. The third-order valence-corrected chi connectivity index (χ3v) is 2.81. The van der Waals surface area contributed by atoms with E-state index in [0.717, 1.165) is 4.68 Å². The smallest absolute Gasteiger partial charge is 0.358 e. The normalized spacial score (nSPS) is 10.3. The van der Waals surface area contributed by atoms with E-state index < -0.39 is 26.3 Å². The van der Waals surface area contributed by atoms with Crippen LogP contribution in [0.4, 0.5) is 5.82 Å². The summed E-state index contributed by atoms with van der Waals surface area (Å²) in [6.45, 7) is 0. The quantitative estimate of drug-likeness (QED) is 0.620. The van der Waals surface area contributed by atoms with E-state index in [9.17, 15) is 14.9 Å². The highest BCUT2D eigenvalue weighted by atomic mass is 35.5. The Hall–Kier alpha value is -1.99. The second-order valence-electron chi connectivity index (χ2n) is 3.11. The van der Waals surface area contributed by atoms with E-state index in [1.807, 2.05) is 0 Å². The lowest BCUT2D eigenvalue weighted by Gasteiger charge is -2.01. The highest BCUT2D eigenvalue weighted by molar-refractivity contribution is 6.43. The van der Waals surface area contributed by atoms with Crippen LogP contribution in [-0.4, -0.2) is 19.7 Å². The summed E-state index contributed by atoms with van der Waals surface area (Å²) in [5.74, 6) is -0.587. The van der Waals surface area contributed by atoms with Crippen molar-refractivity contribution in [3.63, 3.8) is 0 Å². The van der Waals surface area contributed by atoms with Gasteiger partial charge in [0.05, 0.1) is 5.10 Å². The monoisotopic (exact) mass is 286 g/mol. The molecule has 0 aliphatic rings. The Kier molecular flexibility index (Phi) is 3.26. The molecule has 0 saturated heterocycles. The number of aromatic nitrogens is 3. The van der Waals surface area contributed by atoms with Gasteiger partial charge in [0.15, 0.2) is 10.8 Å². The van der Waals surface area contributed by atoms with Crippen molar-refractivity contribution >= 4 is 29.0 Å². The molecule has 0 atom stereocenters. The first-order chi connectivity index (χ1) is 8.52. The average Bonchev–Trinajstić information content (AvgIpc) is 2.37. The van der Waals surface area contributed by atoms with Crippen molar-refractivity contribution in [2.24, 2.45) is 0 Å². The van der Waals surface area contributed by atoms with Crippen molar-refractivity contribution in [2.75, 3.05) is 0 Å². The molecular weight excluding hydrogens is 283 g/mol. The van der Waals surface area contributed by atoms with Crippen LogP contribution in [0, 0.1) is 10.1 Å². The summed E-state index contributed by atoms with van der Waals surface area (Å²) in [5, 5.41) is 13.3. The first-order valence-electron chi connectivity index (χ1n) is 4.56. The van der Waals surface area contributed by atoms with E-state index >= 15 is 0 Å². The first kappa shape index (κ1) is 12.5. The molecule has 0 bridgehead atoms. The highest BCUT2D eigenvalue weighted by Gasteiger charge is 2.25. The molecule has 0 aromatic carbocycles. The van der Waals surface area contributed by atoms with E-state index in [1.165, 1.54) is 12.3 Å². The molecule has 9 heteroatoms. The average molecular weight is 287 g/mol. The Labute approximate surface area is 110 Å². The lowest BCUT2D eigenvalue weighted by Crippen LogP contribution is -2.23. The van der Waals surface area contributed by atoms with Gasteiger partial charge >= 0.3 is 11.4 Å². The van der Waals surface area contributed by atoms with Crippen LogP contribution >= 0.6 is 23.2 Å². The molecular formula is C9H4Cl2N4O3. The number of halogens is 2. The highest BCUT2D eigenvalue weighted by Crippen LogP contribution is 2.26. The zero-order valence-corrected chi connectivity index (χ0v) is 10.1. The van der Waals surface area contributed by atoms with Gasteiger partial charge in [-0.2, -0.15) is 0 Å². The number of rotatable bonds is 2. The van der Waals surface area contributed by atoms with E-state index in [0.29, 0.717) is 0 Å². The third-order valence-electron chi connectivity index (χ3n) is 2.00. The standard InChI is InChI=1S/C9H4Cl2N4O3/c10-6-7(11)9(16)14(13-8(6)15(17)18)5-3-1-2-4-12-5/h1-4H. The summed E-state index contributed by atoms with van der Waals surface area (Å²) in [7, 11) is 0. The van der Waals surface area contributed by atoms with Crippen LogP contribution in [0.15, 0.2) is 29.2 Å². The molecule has 0 amide bonds. The van der Waals surface area contributed by atoms with Gasteiger partial charge in [0, 0.05) is 6.20 Å². The van der Waals surface area contributed by atoms with E-state index in [1.54, 1.807) is 12.1 Å². The van der Waals surface area contributed by atoms with Gasteiger partial charge in [-0.15, -0.1) is 0 Å². The van der Waals surface area contributed by atoms with E-state index in [-0.39, 0.29) is 5.82 Å². The second kappa shape index (κ2) is 4.71. The molecule has 2 aromatic rings. The van der Waals surface area contributed by atoms with Crippen LogP contribution in [-0.2, 0) is 0 Å². The minimum absolute atomic E-state index is 0.115. The Balaban J connectivity index is 2.77. The molecule has 0 aliphatic carbocycles. The fraction of sp³-hybridized carbons (Fsp3) is 0. The Bertz CT molecular complexity index is 672. The third kappa shape index (κ3) is 2.05. The molecule has 7 nitrogen and oxygen atoms in total. The molecule has 0 N–H and O–H groups in total. The van der Waals surface area contributed by atoms with E-state index in [4.69, 9.17) is 23.2 Å². The maximum atomic E-state index is 11.8. The SMILES string of the molecule is O=c1c(Cl)c(Cl)c([N+](=O)[O-])nn1-c1ccccn1. The Morgan fingerprint density at radius 1 is 1.28 bits per heavy atom. The largest absolute Gasteiger partial charge is 0.409 e. The lowest BCUT2D eigenvalue weighted by atomic mass is 10.4. The van der Waals surface area contributed by atoms with Gasteiger partial charge in [0.25, 0.3) is 0 Å². The number of hydrogen-bond acceptors (Lipinski definition) is 5. The van der Waals surface area contributed by atoms with Gasteiger partial charge in [-0.05, 0) is 17.1 Å². The zero-order chi connectivity index (χ0) is 13.3. The van der Waals surface area contributed by atoms with Crippen LogP contribution in [0.3, 0.4) is 0 Å². The minimum Gasteiger partial charge on any atom is -0.358 e. The molecule has 0 saturated carbocycles. The molecule has 0 unspecified atom stereocenters. The number of nitrogens with zero attached hydrogens (tertiary/aromatic N) is 4. The molecule has 0 aliphatic heterocycles. The molecule has 18 heavy (non-hydrogen) atoms. The summed E-state index contributed by atoms with van der Waals surface area (Å²) >= 11 is 11.2. The van der Waals surface area contributed by atoms with Crippen LogP contribution in [0.2, 0.25) is 10.0 Å². The van der Waals surface area contributed by atoms with Crippen molar-refractivity contribution in [2.45, 2.75) is 0 Å². The van der Waals surface area contributed by atoms with Crippen LogP contribution < -0.4 is 5.56 Å². The maximum Gasteiger partial charge on any atom is 0.409 e. The van der Waals surface area contributed by atoms with Crippen LogP contribution in [0.1, 0.15) is 0 Å². The van der Waals surface area contributed by atoms with Gasteiger partial charge in [-0.1, -0.05) is 34.0 Å². The molecule has 0 radical (unpaired) electrons. The second-order valence-corrected chi connectivity index (χ2v) is 3.87. The molecule has 0 spiro atoms. The van der Waals surface area contributed by atoms with Crippen molar-refractivity contribution in [1.29, 1.82) is 0 Å². The van der Waals surface area contributed by atoms with Crippen LogP contribution in [0.25, 0.3) is 5.82 Å². The minimum atomic E-state index is -0.826. The zero-order valence-electron chi connectivity index (χ0n) is 8.58. The fourth-order valence-corrected chi connectivity index (χ4v) is 1.57. The fourth-order valence-electron chi connectivity index (χ4n) is 1.22. The summed E-state index contributed by atoms with van der Waals surface area (Å²) < 4.78 is 0.729. The Morgan fingerprint density at radius 2 is 2.00 bits per heavy atom. The maximum absolute atomic E-state index is 11.8. The molecule has 2 rings (SSSR count). The molecule has 2 heterocycles. The van der Waals surface area contributed by atoms with Gasteiger partial charge in [-0.3, -0.25) is 4.79 Å². The number of hydrogen-bond donors (Lipinski definition) is 0. The predicted octanol–water partition coefficient (Wildman–Crippen LogP) is 1.84. The number of nitro groups is 1. The summed E-state index contributed by atoms with van der Waals surface area (Å²) in [4.78, 5) is 25.6. The molecule has 92 valence electrons. The van der Waals surface area contributed by atoms with Gasteiger partial charge < -0.3 is 10.1 Å². The topological polar surface area (TPSA) is 90.9 Å². The predicted molar refractivity (Wildman–Crippen MR) is 64.3 cm³/mol. The molecule has 2 aromatic heterocycles. The van der Waals surface area contributed by atoms with E-state index in [2.05, 4.69) is 10.1 Å². The van der Waals surface area contributed by atoms with Crippen molar-refractivity contribution in [3.8, 4) is 5.82 Å². The first-order valence-corrected chi connectivity index (χ1v) is 5.32. The van der Waals surface area contributed by atoms with Crippen molar-refractivity contribution < 1.29 is 4.92 Å². The summed E-state index contributed by atoms with van der Waals surface area (Å²) in [5.41, 5.74) is -0.772. The van der Waals surface area contributed by atoms with Crippen molar-refractivity contribution in [1.82, 2.24) is 14.8 Å². The van der Waals surface area contributed by atoms with Gasteiger partial charge in [0.1, 0.15) is 5.02 Å². The Morgan fingerprint density at radius 3 is 2.56 bits per heavy atom. The van der Waals surface area contributed by atoms with Gasteiger partial charge in [-0.25, -0.2) is 4.98 Å². The van der Waals surface area contributed by atoms with Crippen LogP contribution in [0.5, 0.6) is 0 Å².